The molecule has 0 aliphatic heterocycles. The van der Waals surface area contributed by atoms with Crippen molar-refractivity contribution in [1.29, 1.82) is 0 Å². The first-order chi connectivity index (χ1) is 16.3. The highest BCUT2D eigenvalue weighted by molar-refractivity contribution is 5.88. The molecule has 0 saturated carbocycles. The fourth-order valence-corrected chi connectivity index (χ4v) is 3.88. The third kappa shape index (κ3) is 7.27. The molecule has 0 bridgehead atoms. The number of rotatable bonds is 10. The predicted molar refractivity (Wildman–Crippen MR) is 134 cm³/mol. The molecule has 3 aromatic rings. The highest BCUT2D eigenvalue weighted by Crippen LogP contribution is 2.18. The number of benzene rings is 3. The van der Waals surface area contributed by atoms with Gasteiger partial charge in [0.25, 0.3) is 0 Å². The minimum absolute atomic E-state index is 0.0178. The molecule has 0 fully saturated rings. The number of aryl methyl sites for hydroxylation is 1. The monoisotopic (exact) mass is 460 g/mol. The van der Waals surface area contributed by atoms with Gasteiger partial charge in [0, 0.05) is 25.1 Å². The summed E-state index contributed by atoms with van der Waals surface area (Å²) in [6.07, 6.45) is 0.484. The minimum Gasteiger partial charge on any atom is -0.354 e. The molecule has 1 N–H and O–H groups in total. The van der Waals surface area contributed by atoms with Crippen molar-refractivity contribution < 1.29 is 14.0 Å². The van der Waals surface area contributed by atoms with Crippen LogP contribution in [-0.2, 0) is 29.0 Å². The van der Waals surface area contributed by atoms with Crippen molar-refractivity contribution in [1.82, 2.24) is 10.2 Å². The Kier molecular flexibility index (Phi) is 8.97. The Morgan fingerprint density at radius 2 is 1.59 bits per heavy atom. The lowest BCUT2D eigenvalue weighted by molar-refractivity contribution is -0.140. The number of hydrogen-bond donors (Lipinski definition) is 1. The van der Waals surface area contributed by atoms with Gasteiger partial charge in [0.05, 0.1) is 6.42 Å². The molecule has 0 spiro atoms. The molecule has 0 aromatic heterocycles. The molecule has 2 amide bonds. The molecule has 4 nitrogen and oxygen atoms in total. The quantitative estimate of drug-likeness (QED) is 0.458. The van der Waals surface area contributed by atoms with Gasteiger partial charge >= 0.3 is 0 Å². The average molecular weight is 461 g/mol. The second kappa shape index (κ2) is 12.1. The van der Waals surface area contributed by atoms with E-state index in [0.717, 1.165) is 16.7 Å². The highest BCUT2D eigenvalue weighted by atomic mass is 19.1. The van der Waals surface area contributed by atoms with Gasteiger partial charge in [-0.05, 0) is 30.0 Å². The van der Waals surface area contributed by atoms with E-state index in [1.807, 2.05) is 75.4 Å². The molecule has 0 saturated heterocycles. The fourth-order valence-electron chi connectivity index (χ4n) is 3.88. The number of nitrogens with zero attached hydrogens (tertiary/aromatic N) is 1. The van der Waals surface area contributed by atoms with Gasteiger partial charge in [-0.25, -0.2) is 4.39 Å². The van der Waals surface area contributed by atoms with E-state index in [2.05, 4.69) is 5.32 Å². The van der Waals surface area contributed by atoms with Crippen LogP contribution >= 0.6 is 0 Å². The van der Waals surface area contributed by atoms with Gasteiger partial charge in [-0.15, -0.1) is 0 Å². The summed E-state index contributed by atoms with van der Waals surface area (Å²) in [4.78, 5) is 28.5. The largest absolute Gasteiger partial charge is 0.354 e. The van der Waals surface area contributed by atoms with Crippen LogP contribution in [0.2, 0.25) is 0 Å². The second-order valence-electron chi connectivity index (χ2n) is 9.12. The number of hydrogen-bond acceptors (Lipinski definition) is 2. The first-order valence-electron chi connectivity index (χ1n) is 11.7. The Morgan fingerprint density at radius 1 is 0.912 bits per heavy atom. The molecule has 3 aromatic carbocycles. The van der Waals surface area contributed by atoms with Crippen LogP contribution in [0.15, 0.2) is 78.9 Å². The van der Waals surface area contributed by atoms with Crippen molar-refractivity contribution in [2.24, 2.45) is 5.92 Å². The third-order valence-corrected chi connectivity index (χ3v) is 5.69. The SMILES string of the molecule is Cc1cccc(CC(=O)N(Cc2ccccc2F)[C@@H](Cc2ccccc2)C(=O)NCC(C)C)c1. The van der Waals surface area contributed by atoms with E-state index < -0.39 is 11.9 Å². The van der Waals surface area contributed by atoms with Gasteiger partial charge in [0.2, 0.25) is 11.8 Å². The van der Waals surface area contributed by atoms with Gasteiger partial charge in [-0.3, -0.25) is 9.59 Å². The molecule has 0 heterocycles. The van der Waals surface area contributed by atoms with E-state index in [0.29, 0.717) is 18.5 Å². The van der Waals surface area contributed by atoms with Crippen molar-refractivity contribution in [3.63, 3.8) is 0 Å². The normalized spacial score (nSPS) is 11.8. The van der Waals surface area contributed by atoms with Gasteiger partial charge < -0.3 is 10.2 Å². The summed E-state index contributed by atoms with van der Waals surface area (Å²) in [6, 6.07) is 23.0. The average Bonchev–Trinajstić information content (AvgIpc) is 2.81. The Balaban J connectivity index is 1.97. The maximum absolute atomic E-state index is 14.6. The number of nitrogens with one attached hydrogen (secondary N) is 1. The standard InChI is InChI=1S/C29H33FN2O2/c1-21(2)19-31-29(34)27(17-23-11-5-4-6-12-23)32(20-25-14-7-8-15-26(25)30)28(33)18-24-13-9-10-22(3)16-24/h4-16,21,27H,17-20H2,1-3H3,(H,31,34)/t27-/m0/s1. The van der Waals surface area contributed by atoms with Crippen molar-refractivity contribution >= 4 is 11.8 Å². The van der Waals surface area contributed by atoms with Crippen molar-refractivity contribution in [2.75, 3.05) is 6.54 Å². The lowest BCUT2D eigenvalue weighted by atomic mass is 10.0. The Hall–Kier alpha value is -3.47. The lowest BCUT2D eigenvalue weighted by Crippen LogP contribution is -2.51. The molecule has 0 aliphatic rings. The summed E-state index contributed by atoms with van der Waals surface area (Å²) < 4.78 is 14.6. The van der Waals surface area contributed by atoms with Crippen LogP contribution in [0, 0.1) is 18.7 Å². The van der Waals surface area contributed by atoms with Gasteiger partial charge in [0.1, 0.15) is 11.9 Å². The molecule has 0 radical (unpaired) electrons. The molecular formula is C29H33FN2O2. The van der Waals surface area contributed by atoms with Crippen LogP contribution in [0.1, 0.15) is 36.1 Å². The van der Waals surface area contributed by atoms with E-state index in [9.17, 15) is 14.0 Å². The topological polar surface area (TPSA) is 49.4 Å². The van der Waals surface area contributed by atoms with Crippen LogP contribution in [0.3, 0.4) is 0 Å². The van der Waals surface area contributed by atoms with Gasteiger partial charge in [-0.2, -0.15) is 0 Å². The summed E-state index contributed by atoms with van der Waals surface area (Å²) in [7, 11) is 0. The zero-order valence-corrected chi connectivity index (χ0v) is 20.1. The molecule has 178 valence electrons. The van der Waals surface area contributed by atoms with Crippen molar-refractivity contribution in [3.05, 3.63) is 107 Å². The van der Waals surface area contributed by atoms with E-state index in [1.165, 1.54) is 11.0 Å². The number of amides is 2. The summed E-state index contributed by atoms with van der Waals surface area (Å²) in [6.45, 7) is 6.54. The zero-order chi connectivity index (χ0) is 24.5. The van der Waals surface area contributed by atoms with E-state index in [4.69, 9.17) is 0 Å². The van der Waals surface area contributed by atoms with E-state index in [1.54, 1.807) is 18.2 Å². The summed E-state index contributed by atoms with van der Waals surface area (Å²) in [5.41, 5.74) is 3.25. The molecule has 0 unspecified atom stereocenters. The van der Waals surface area contributed by atoms with Gasteiger partial charge in [0.15, 0.2) is 0 Å². The predicted octanol–water partition coefficient (Wildman–Crippen LogP) is 5.09. The lowest BCUT2D eigenvalue weighted by Gasteiger charge is -2.32. The number of carbonyl (C=O) groups is 2. The molecule has 3 rings (SSSR count). The fraction of sp³-hybridized carbons (Fsp3) is 0.310. The highest BCUT2D eigenvalue weighted by Gasteiger charge is 2.31. The Morgan fingerprint density at radius 3 is 2.26 bits per heavy atom. The summed E-state index contributed by atoms with van der Waals surface area (Å²) in [5, 5.41) is 2.98. The first-order valence-corrected chi connectivity index (χ1v) is 11.7. The Bertz CT molecular complexity index is 1100. The van der Waals surface area contributed by atoms with Crippen LogP contribution in [0.4, 0.5) is 4.39 Å². The van der Waals surface area contributed by atoms with Crippen LogP contribution in [0.5, 0.6) is 0 Å². The van der Waals surface area contributed by atoms with Crippen molar-refractivity contribution in [2.45, 2.75) is 46.2 Å². The molecule has 34 heavy (non-hydrogen) atoms. The molecule has 1 atom stereocenters. The van der Waals surface area contributed by atoms with Crippen LogP contribution < -0.4 is 5.32 Å². The third-order valence-electron chi connectivity index (χ3n) is 5.69. The summed E-state index contributed by atoms with van der Waals surface area (Å²) in [5.74, 6) is -0.567. The first kappa shape index (κ1) is 25.2. The summed E-state index contributed by atoms with van der Waals surface area (Å²) >= 11 is 0. The van der Waals surface area contributed by atoms with E-state index >= 15 is 0 Å². The Labute approximate surface area is 201 Å². The van der Waals surface area contributed by atoms with Crippen molar-refractivity contribution in [3.8, 4) is 0 Å². The maximum atomic E-state index is 14.6. The molecule has 5 heteroatoms. The number of carbonyl (C=O) groups excluding carboxylic acids is 2. The van der Waals surface area contributed by atoms with Gasteiger partial charge in [-0.1, -0.05) is 92.2 Å². The minimum atomic E-state index is -0.766. The molecule has 0 aliphatic carbocycles. The smallest absolute Gasteiger partial charge is 0.243 e. The number of halogens is 1. The van der Waals surface area contributed by atoms with Crippen LogP contribution in [-0.4, -0.2) is 29.3 Å². The second-order valence-corrected chi connectivity index (χ2v) is 9.12. The zero-order valence-electron chi connectivity index (χ0n) is 20.1. The van der Waals surface area contributed by atoms with Crippen LogP contribution in [0.25, 0.3) is 0 Å². The maximum Gasteiger partial charge on any atom is 0.243 e. The molecular weight excluding hydrogens is 427 g/mol. The van der Waals surface area contributed by atoms with E-state index in [-0.39, 0.29) is 30.7 Å².